The third-order valence-corrected chi connectivity index (χ3v) is 13.4. The maximum atomic E-state index is 14.7. The quantitative estimate of drug-likeness (QED) is 0.0858. The molecule has 2 heterocycles. The van der Waals surface area contributed by atoms with Crippen LogP contribution >= 0.6 is 0 Å². The molecule has 8 amide bonds. The maximum Gasteiger partial charge on any atom is 0.329 e. The Hall–Kier alpha value is -7.63. The SMILES string of the molecule is CCCC(=O)NC(Cc1ccc(O)cc1)C(=O)NC(CCC(=O)NC1C(=O)NC(CCC(=O)O)C(=O)NC2CCC(O)N(C2=O)C(C(C)C)C(=O)N(C)C(c2ccccc2)C(=O)NC(C(C)CC)C(=O)OC1C)C(=O)O. The summed E-state index contributed by atoms with van der Waals surface area (Å²) in [6.45, 7) is 9.53. The Morgan fingerprint density at radius 2 is 1.43 bits per heavy atom. The molecule has 2 aliphatic heterocycles. The van der Waals surface area contributed by atoms with E-state index in [4.69, 9.17) is 4.74 Å². The molecule has 2 aliphatic rings. The minimum Gasteiger partial charge on any atom is -0.508 e. The molecule has 2 aromatic carbocycles. The van der Waals surface area contributed by atoms with Crippen LogP contribution in [0.2, 0.25) is 0 Å². The van der Waals surface area contributed by atoms with Crippen LogP contribution in [0.3, 0.4) is 0 Å². The molecule has 0 radical (unpaired) electrons. The number of carboxylic acids is 2. The summed E-state index contributed by atoms with van der Waals surface area (Å²) < 4.78 is 5.83. The molecule has 4 rings (SSSR count). The van der Waals surface area contributed by atoms with Crippen molar-refractivity contribution in [3.8, 4) is 5.75 Å². The largest absolute Gasteiger partial charge is 0.508 e. The van der Waals surface area contributed by atoms with E-state index >= 15 is 0 Å². The summed E-state index contributed by atoms with van der Waals surface area (Å²) >= 11 is 0. The van der Waals surface area contributed by atoms with Crippen molar-refractivity contribution in [2.45, 2.75) is 166 Å². The van der Waals surface area contributed by atoms with E-state index in [9.17, 15) is 73.2 Å². The van der Waals surface area contributed by atoms with Crippen molar-refractivity contribution in [3.05, 3.63) is 65.7 Å². The molecule has 2 saturated heterocycles. The van der Waals surface area contributed by atoms with Gasteiger partial charge in [-0.2, -0.15) is 0 Å². The van der Waals surface area contributed by atoms with Crippen LogP contribution in [-0.2, 0) is 63.9 Å². The summed E-state index contributed by atoms with van der Waals surface area (Å²) in [5.74, 6) is -12.7. The first kappa shape index (κ1) is 60.9. The number of hydrogen-bond acceptors (Lipinski definition) is 14. The third kappa shape index (κ3) is 16.7. The van der Waals surface area contributed by atoms with Gasteiger partial charge in [-0.15, -0.1) is 0 Å². The summed E-state index contributed by atoms with van der Waals surface area (Å²) in [7, 11) is 1.32. The number of aliphatic hydroxyl groups is 1. The summed E-state index contributed by atoms with van der Waals surface area (Å²) in [6.07, 6.45) is -5.36. The number of aromatic hydroxyl groups is 1. The first-order chi connectivity index (χ1) is 35.9. The number of likely N-dealkylation sites (N-methyl/N-ethyl adjacent to an activating group) is 1. The van der Waals surface area contributed by atoms with E-state index in [1.165, 1.54) is 38.2 Å². The van der Waals surface area contributed by atoms with Gasteiger partial charge in [-0.25, -0.2) is 9.59 Å². The smallest absolute Gasteiger partial charge is 0.329 e. The van der Waals surface area contributed by atoms with Crippen molar-refractivity contribution in [3.63, 3.8) is 0 Å². The number of amides is 8. The zero-order chi connectivity index (χ0) is 56.6. The predicted molar refractivity (Wildman–Crippen MR) is 270 cm³/mol. The highest BCUT2D eigenvalue weighted by Gasteiger charge is 2.47. The highest BCUT2D eigenvalue weighted by molar-refractivity contribution is 5.98. The third-order valence-electron chi connectivity index (χ3n) is 13.4. The molecule has 11 atom stereocenters. The summed E-state index contributed by atoms with van der Waals surface area (Å²) in [6, 6.07) is 1.41. The number of fused-ring (bicyclic) bond motifs is 2. The fourth-order valence-electron chi connectivity index (χ4n) is 8.92. The first-order valence-electron chi connectivity index (χ1n) is 25.4. The number of carbonyl (C=O) groups excluding carboxylic acids is 9. The Bertz CT molecular complexity index is 2420. The van der Waals surface area contributed by atoms with E-state index in [-0.39, 0.29) is 37.9 Å². The van der Waals surface area contributed by atoms with Gasteiger partial charge >= 0.3 is 17.9 Å². The van der Waals surface area contributed by atoms with Crippen molar-refractivity contribution in [2.75, 3.05) is 7.05 Å². The average molecular weight is 1070 g/mol. The van der Waals surface area contributed by atoms with Gasteiger partial charge in [-0.3, -0.25) is 43.2 Å². The zero-order valence-electron chi connectivity index (χ0n) is 43.8. The number of esters is 1. The molecule has 2 aromatic rings. The fraction of sp³-hybridized carbons (Fsp3) is 0.558. The number of carbonyl (C=O) groups is 11. The van der Waals surface area contributed by atoms with Gasteiger partial charge in [0.15, 0.2) is 0 Å². The van der Waals surface area contributed by atoms with Gasteiger partial charge in [0.2, 0.25) is 47.3 Å². The standard InChI is InChI=1S/C52H72N8O16/c1-8-13-37(62)53-36(26-30-16-18-32(61)19-17-30)46(68)56-35(51(73)74)20-23-38(63)57-42-29(6)76-52(75)41(28(5)9-2)58-48(70)44(31-14-11-10-12-15-31)59(7)50(72)43(27(3)4)60-39(64)24-21-34(49(60)71)55-45(67)33(54-47(42)69)22-25-40(65)66/h10-12,14-19,27-29,33-36,39,41-44,61,64H,8-9,13,20-26H2,1-7H3,(H,53,62)(H,54,69)(H,55,67)(H,56,68)(H,57,63)(H,58,70)(H,65,66)(H,73,74). The number of hydrogen-bond donors (Lipinski definition) is 10. The minimum atomic E-state index is -1.91. The normalized spacial score (nSPS) is 24.2. The molecule has 11 unspecified atom stereocenters. The molecule has 0 spiro atoms. The molecule has 0 aromatic heterocycles. The molecular weight excluding hydrogens is 993 g/mol. The van der Waals surface area contributed by atoms with E-state index in [0.29, 0.717) is 17.5 Å². The van der Waals surface area contributed by atoms with Crippen LogP contribution in [-0.4, -0.2) is 157 Å². The Kier molecular flexibility index (Phi) is 22.7. The molecule has 2 bridgehead atoms. The number of aliphatic carboxylic acids is 2. The van der Waals surface area contributed by atoms with Gasteiger partial charge in [0, 0.05) is 32.7 Å². The van der Waals surface area contributed by atoms with Gasteiger partial charge in [0.1, 0.15) is 66.4 Å². The lowest BCUT2D eigenvalue weighted by Crippen LogP contribution is -2.65. The molecule has 10 N–H and O–H groups in total. The summed E-state index contributed by atoms with van der Waals surface area (Å²) in [5, 5.41) is 55.8. The number of aliphatic hydroxyl groups excluding tert-OH is 1. The second-order valence-electron chi connectivity index (χ2n) is 19.5. The number of rotatable bonds is 19. The van der Waals surface area contributed by atoms with Crippen molar-refractivity contribution in [1.29, 1.82) is 0 Å². The average Bonchev–Trinajstić information content (AvgIpc) is 3.36. The molecule has 24 heteroatoms. The van der Waals surface area contributed by atoms with Crippen LogP contribution in [0, 0.1) is 11.8 Å². The van der Waals surface area contributed by atoms with Gasteiger partial charge in [0.25, 0.3) is 0 Å². The van der Waals surface area contributed by atoms with Crippen molar-refractivity contribution < 1.29 is 77.9 Å². The molecule has 0 saturated carbocycles. The number of benzene rings is 2. The summed E-state index contributed by atoms with van der Waals surface area (Å²) in [5.41, 5.74) is 0.813. The van der Waals surface area contributed by atoms with Crippen LogP contribution in [0.5, 0.6) is 5.75 Å². The molecule has 76 heavy (non-hydrogen) atoms. The van der Waals surface area contributed by atoms with Crippen LogP contribution in [0.1, 0.15) is 116 Å². The number of carboxylic acid groups (broad SMARTS) is 2. The molecule has 0 aliphatic carbocycles. The fourth-order valence-corrected chi connectivity index (χ4v) is 8.92. The number of nitrogens with zero attached hydrogens (tertiary/aromatic N) is 2. The Balaban J connectivity index is 1.74. The van der Waals surface area contributed by atoms with E-state index in [0.717, 1.165) is 9.80 Å². The van der Waals surface area contributed by atoms with E-state index < -0.39 is 163 Å². The van der Waals surface area contributed by atoms with Crippen molar-refractivity contribution in [1.82, 2.24) is 41.7 Å². The van der Waals surface area contributed by atoms with Crippen LogP contribution in [0.25, 0.3) is 0 Å². The predicted octanol–water partition coefficient (Wildman–Crippen LogP) is 0.530. The van der Waals surface area contributed by atoms with Crippen molar-refractivity contribution in [2.24, 2.45) is 11.8 Å². The molecule has 416 valence electrons. The molecule has 24 nitrogen and oxygen atoms in total. The Morgan fingerprint density at radius 3 is 2.03 bits per heavy atom. The zero-order valence-corrected chi connectivity index (χ0v) is 43.8. The first-order valence-corrected chi connectivity index (χ1v) is 25.4. The number of ether oxygens (including phenoxy) is 1. The van der Waals surface area contributed by atoms with Crippen molar-refractivity contribution >= 4 is 65.2 Å². The minimum absolute atomic E-state index is 0.0549. The second-order valence-corrected chi connectivity index (χ2v) is 19.5. The monoisotopic (exact) mass is 1060 g/mol. The van der Waals surface area contributed by atoms with Gasteiger partial charge < -0.3 is 66.9 Å². The second kappa shape index (κ2) is 28.3. The lowest BCUT2D eigenvalue weighted by molar-refractivity contribution is -0.168. The van der Waals surface area contributed by atoms with Gasteiger partial charge in [-0.05, 0) is 74.1 Å². The highest BCUT2D eigenvalue weighted by atomic mass is 16.5. The van der Waals surface area contributed by atoms with E-state index in [2.05, 4.69) is 31.9 Å². The van der Waals surface area contributed by atoms with E-state index in [1.807, 2.05) is 0 Å². The van der Waals surface area contributed by atoms with Crippen LogP contribution in [0.4, 0.5) is 0 Å². The number of phenols is 1. The lowest BCUT2D eigenvalue weighted by atomic mass is 9.93. The van der Waals surface area contributed by atoms with Gasteiger partial charge in [0.05, 0.1) is 0 Å². The Morgan fingerprint density at radius 1 is 0.776 bits per heavy atom. The Labute approximate surface area is 440 Å². The van der Waals surface area contributed by atoms with Gasteiger partial charge in [-0.1, -0.05) is 83.5 Å². The van der Waals surface area contributed by atoms with Crippen LogP contribution < -0.4 is 31.9 Å². The number of nitrogens with one attached hydrogen (secondary N) is 6. The highest BCUT2D eigenvalue weighted by Crippen LogP contribution is 2.29. The topological polar surface area (TPSA) is 357 Å². The number of piperidine rings is 1. The van der Waals surface area contributed by atoms with Crippen LogP contribution in [0.15, 0.2) is 54.6 Å². The summed E-state index contributed by atoms with van der Waals surface area (Å²) in [4.78, 5) is 153. The lowest BCUT2D eigenvalue weighted by Gasteiger charge is -2.44. The molecule has 2 fully saturated rings. The van der Waals surface area contributed by atoms with E-state index in [1.54, 1.807) is 65.0 Å². The molecular formula is C52H72N8O16. The number of phenolic OH excluding ortho intramolecular Hbond substituents is 1. The number of cyclic esters (lactones) is 1. The maximum absolute atomic E-state index is 14.7.